The van der Waals surface area contributed by atoms with Crippen LogP contribution >= 0.6 is 11.6 Å². The van der Waals surface area contributed by atoms with Crippen LogP contribution < -0.4 is 15.8 Å². The predicted molar refractivity (Wildman–Crippen MR) is 86.9 cm³/mol. The van der Waals surface area contributed by atoms with Gasteiger partial charge in [0.05, 0.1) is 5.02 Å². The number of hydrogen-bond acceptors (Lipinski definition) is 4. The summed E-state index contributed by atoms with van der Waals surface area (Å²) >= 11 is 6.17. The van der Waals surface area contributed by atoms with Crippen molar-refractivity contribution in [3.05, 3.63) is 53.3 Å². The molecule has 1 amide bonds. The number of halogens is 1. The number of nitrogens with zero attached hydrogens (tertiary/aromatic N) is 1. The molecule has 0 spiro atoms. The SMILES string of the molecule is NCCCC(=O)Nc1ccc(OCc2cccnc2)c(Cl)c1. The topological polar surface area (TPSA) is 77.2 Å². The number of ether oxygens (including phenoxy) is 1. The van der Waals surface area contributed by atoms with Crippen LogP contribution in [-0.2, 0) is 11.4 Å². The third-order valence-electron chi connectivity index (χ3n) is 2.94. The zero-order valence-electron chi connectivity index (χ0n) is 12.1. The molecule has 0 saturated carbocycles. The molecule has 2 aromatic rings. The Morgan fingerprint density at radius 3 is 2.91 bits per heavy atom. The molecule has 1 aromatic heterocycles. The first-order valence-electron chi connectivity index (χ1n) is 7.00. The summed E-state index contributed by atoms with van der Waals surface area (Å²) in [7, 11) is 0. The molecule has 0 radical (unpaired) electrons. The number of aromatic nitrogens is 1. The van der Waals surface area contributed by atoms with Crippen molar-refractivity contribution in [2.45, 2.75) is 19.4 Å². The second-order valence-corrected chi connectivity index (χ2v) is 5.14. The molecule has 0 aliphatic rings. The van der Waals surface area contributed by atoms with Gasteiger partial charge in [-0.15, -0.1) is 0 Å². The second-order valence-electron chi connectivity index (χ2n) is 4.74. The van der Waals surface area contributed by atoms with E-state index in [2.05, 4.69) is 10.3 Å². The Kier molecular flexibility index (Phi) is 6.18. The van der Waals surface area contributed by atoms with Crippen LogP contribution in [0.15, 0.2) is 42.7 Å². The molecule has 0 atom stereocenters. The van der Waals surface area contributed by atoms with E-state index < -0.39 is 0 Å². The van der Waals surface area contributed by atoms with Gasteiger partial charge in [0.1, 0.15) is 12.4 Å². The van der Waals surface area contributed by atoms with Gasteiger partial charge in [0, 0.05) is 30.1 Å². The summed E-state index contributed by atoms with van der Waals surface area (Å²) < 4.78 is 5.65. The van der Waals surface area contributed by atoms with Gasteiger partial charge >= 0.3 is 0 Å². The zero-order chi connectivity index (χ0) is 15.8. The van der Waals surface area contributed by atoms with Crippen LogP contribution in [-0.4, -0.2) is 17.4 Å². The molecule has 2 rings (SSSR count). The number of carbonyl (C=O) groups is 1. The van der Waals surface area contributed by atoms with Crippen molar-refractivity contribution in [1.29, 1.82) is 0 Å². The zero-order valence-corrected chi connectivity index (χ0v) is 12.8. The van der Waals surface area contributed by atoms with Gasteiger partial charge in [0.2, 0.25) is 5.91 Å². The molecule has 0 saturated heterocycles. The van der Waals surface area contributed by atoms with Crippen LogP contribution in [0, 0.1) is 0 Å². The summed E-state index contributed by atoms with van der Waals surface area (Å²) in [4.78, 5) is 15.7. The number of anilines is 1. The van der Waals surface area contributed by atoms with Crippen LogP contribution in [0.2, 0.25) is 5.02 Å². The highest BCUT2D eigenvalue weighted by Crippen LogP contribution is 2.28. The monoisotopic (exact) mass is 319 g/mol. The maximum absolute atomic E-state index is 11.6. The number of pyridine rings is 1. The number of nitrogens with one attached hydrogen (secondary N) is 1. The first-order valence-corrected chi connectivity index (χ1v) is 7.38. The van der Waals surface area contributed by atoms with Crippen molar-refractivity contribution in [2.75, 3.05) is 11.9 Å². The third-order valence-corrected chi connectivity index (χ3v) is 3.24. The maximum atomic E-state index is 11.6. The molecule has 3 N–H and O–H groups in total. The predicted octanol–water partition coefficient (Wildman–Crippen LogP) is 2.99. The van der Waals surface area contributed by atoms with Gasteiger partial charge in [-0.05, 0) is 37.2 Å². The Labute approximate surface area is 134 Å². The lowest BCUT2D eigenvalue weighted by atomic mass is 10.2. The Morgan fingerprint density at radius 2 is 2.23 bits per heavy atom. The van der Waals surface area contributed by atoms with E-state index in [9.17, 15) is 4.79 Å². The van der Waals surface area contributed by atoms with E-state index in [4.69, 9.17) is 22.1 Å². The number of amides is 1. The first-order chi connectivity index (χ1) is 10.7. The van der Waals surface area contributed by atoms with Crippen LogP contribution in [0.5, 0.6) is 5.75 Å². The lowest BCUT2D eigenvalue weighted by Gasteiger charge is -2.10. The van der Waals surface area contributed by atoms with Crippen molar-refractivity contribution < 1.29 is 9.53 Å². The Balaban J connectivity index is 1.93. The van der Waals surface area contributed by atoms with Crippen LogP contribution in [0.25, 0.3) is 0 Å². The first kappa shape index (κ1) is 16.3. The highest BCUT2D eigenvalue weighted by Gasteiger charge is 2.06. The van der Waals surface area contributed by atoms with Gasteiger partial charge in [-0.2, -0.15) is 0 Å². The Morgan fingerprint density at radius 1 is 1.36 bits per heavy atom. The van der Waals surface area contributed by atoms with E-state index in [-0.39, 0.29) is 5.91 Å². The van der Waals surface area contributed by atoms with E-state index in [1.807, 2.05) is 12.1 Å². The quantitative estimate of drug-likeness (QED) is 0.822. The maximum Gasteiger partial charge on any atom is 0.224 e. The van der Waals surface area contributed by atoms with Gasteiger partial charge in [-0.1, -0.05) is 17.7 Å². The number of benzene rings is 1. The van der Waals surface area contributed by atoms with Crippen molar-refractivity contribution in [1.82, 2.24) is 4.98 Å². The fraction of sp³-hybridized carbons (Fsp3) is 0.250. The van der Waals surface area contributed by atoms with Gasteiger partial charge in [-0.3, -0.25) is 9.78 Å². The van der Waals surface area contributed by atoms with Crippen LogP contribution in [0.4, 0.5) is 5.69 Å². The highest BCUT2D eigenvalue weighted by molar-refractivity contribution is 6.32. The van der Waals surface area contributed by atoms with E-state index in [1.165, 1.54) is 0 Å². The van der Waals surface area contributed by atoms with Gasteiger partial charge in [0.25, 0.3) is 0 Å². The van der Waals surface area contributed by atoms with E-state index in [0.29, 0.717) is 42.5 Å². The number of rotatable bonds is 7. The standard InChI is InChI=1S/C16H18ClN3O2/c17-14-9-13(20-16(21)4-1-7-18)5-6-15(14)22-11-12-3-2-8-19-10-12/h2-3,5-6,8-10H,1,4,7,11,18H2,(H,20,21). The lowest BCUT2D eigenvalue weighted by molar-refractivity contribution is -0.116. The fourth-order valence-corrected chi connectivity index (χ4v) is 2.06. The summed E-state index contributed by atoms with van der Waals surface area (Å²) in [6.07, 6.45) is 4.50. The molecule has 0 bridgehead atoms. The minimum Gasteiger partial charge on any atom is -0.487 e. The molecule has 0 unspecified atom stereocenters. The lowest BCUT2D eigenvalue weighted by Crippen LogP contribution is -2.13. The summed E-state index contributed by atoms with van der Waals surface area (Å²) in [5.41, 5.74) is 6.97. The molecule has 0 aliphatic heterocycles. The molecular formula is C16H18ClN3O2. The smallest absolute Gasteiger partial charge is 0.224 e. The molecule has 0 fully saturated rings. The fourth-order valence-electron chi connectivity index (χ4n) is 1.83. The number of nitrogens with two attached hydrogens (primary N) is 1. The largest absolute Gasteiger partial charge is 0.487 e. The Bertz CT molecular complexity index is 620. The van der Waals surface area contributed by atoms with Crippen molar-refractivity contribution >= 4 is 23.2 Å². The van der Waals surface area contributed by atoms with Crippen LogP contribution in [0.3, 0.4) is 0 Å². The Hall–Kier alpha value is -2.11. The van der Waals surface area contributed by atoms with Crippen molar-refractivity contribution in [3.63, 3.8) is 0 Å². The molecule has 0 aliphatic carbocycles. The second kappa shape index (κ2) is 8.36. The van der Waals surface area contributed by atoms with Gasteiger partial charge in [0.15, 0.2) is 0 Å². The van der Waals surface area contributed by atoms with Gasteiger partial charge < -0.3 is 15.8 Å². The molecule has 116 valence electrons. The minimum absolute atomic E-state index is 0.0782. The van der Waals surface area contributed by atoms with E-state index in [0.717, 1.165) is 5.56 Å². The number of hydrogen-bond donors (Lipinski definition) is 2. The summed E-state index contributed by atoms with van der Waals surface area (Å²) in [5, 5.41) is 3.22. The minimum atomic E-state index is -0.0782. The molecule has 1 aromatic carbocycles. The normalized spacial score (nSPS) is 10.3. The summed E-state index contributed by atoms with van der Waals surface area (Å²) in [6.45, 7) is 0.880. The van der Waals surface area contributed by atoms with E-state index >= 15 is 0 Å². The third kappa shape index (κ3) is 5.02. The summed E-state index contributed by atoms with van der Waals surface area (Å²) in [6, 6.07) is 8.93. The average Bonchev–Trinajstić information content (AvgIpc) is 2.53. The molecule has 1 heterocycles. The van der Waals surface area contributed by atoms with Crippen molar-refractivity contribution in [3.8, 4) is 5.75 Å². The van der Waals surface area contributed by atoms with Gasteiger partial charge in [-0.25, -0.2) is 0 Å². The number of carbonyl (C=O) groups excluding carboxylic acids is 1. The highest BCUT2D eigenvalue weighted by atomic mass is 35.5. The van der Waals surface area contributed by atoms with Crippen molar-refractivity contribution in [2.24, 2.45) is 5.73 Å². The van der Waals surface area contributed by atoms with Crippen LogP contribution in [0.1, 0.15) is 18.4 Å². The molecule has 5 nitrogen and oxygen atoms in total. The average molecular weight is 320 g/mol. The molecule has 6 heteroatoms. The van der Waals surface area contributed by atoms with E-state index in [1.54, 1.807) is 30.6 Å². The molecule has 22 heavy (non-hydrogen) atoms. The molecular weight excluding hydrogens is 302 g/mol. The summed E-state index contributed by atoms with van der Waals surface area (Å²) in [5.74, 6) is 0.482.